The molecular weight excluding hydrogens is 274 g/mol. The molecule has 0 spiro atoms. The Balaban J connectivity index is 2.23. The first kappa shape index (κ1) is 14.2. The molecule has 4 nitrogen and oxygen atoms in total. The molecule has 1 atom stereocenters. The van der Waals surface area contributed by atoms with Crippen LogP contribution < -0.4 is 10.2 Å². The van der Waals surface area contributed by atoms with E-state index in [0.29, 0.717) is 0 Å². The van der Waals surface area contributed by atoms with Gasteiger partial charge in [0.2, 0.25) is 9.84 Å². The number of halogens is 2. The number of nitrogens with one attached hydrogen (secondary N) is 1. The molecule has 0 aromatic heterocycles. The second-order valence-electron chi connectivity index (χ2n) is 4.55. The lowest BCUT2D eigenvalue weighted by molar-refractivity contribution is 0.234. The average Bonchev–Trinajstić information content (AvgIpc) is 2.39. The van der Waals surface area contributed by atoms with E-state index in [1.54, 1.807) is 12.1 Å². The van der Waals surface area contributed by atoms with Crippen molar-refractivity contribution in [3.8, 4) is 0 Å². The number of alkyl halides is 2. The number of hydrogen-bond acceptors (Lipinski definition) is 4. The Kier molecular flexibility index (Phi) is 4.05. The minimum Gasteiger partial charge on any atom is -0.366 e. The third-order valence-corrected chi connectivity index (χ3v) is 4.63. The minimum atomic E-state index is -4.50. The lowest BCUT2D eigenvalue weighted by Gasteiger charge is -2.35. The van der Waals surface area contributed by atoms with Gasteiger partial charge >= 0.3 is 5.76 Å². The summed E-state index contributed by atoms with van der Waals surface area (Å²) in [6.45, 7) is 4.55. The molecule has 1 aliphatic rings. The number of nitrogens with zero attached hydrogens (tertiary/aromatic N) is 1. The van der Waals surface area contributed by atoms with E-state index in [-0.39, 0.29) is 10.9 Å². The van der Waals surface area contributed by atoms with E-state index in [4.69, 9.17) is 0 Å². The standard InChI is InChI=1S/C12H16F2N2O2S/c1-9-8-15-6-7-16(9)10-2-4-11(5-3-10)19(17,18)12(13)14/h2-5,9,12,15H,6-8H2,1H3. The Morgan fingerprint density at radius 3 is 2.47 bits per heavy atom. The molecule has 0 bridgehead atoms. The molecule has 0 saturated carbocycles. The lowest BCUT2D eigenvalue weighted by Crippen LogP contribution is -2.49. The second kappa shape index (κ2) is 5.42. The SMILES string of the molecule is CC1CNCCN1c1ccc(S(=O)(=O)C(F)F)cc1. The van der Waals surface area contributed by atoms with Gasteiger partial charge in [-0.2, -0.15) is 8.78 Å². The van der Waals surface area contributed by atoms with Crippen molar-refractivity contribution in [2.45, 2.75) is 23.6 Å². The second-order valence-corrected chi connectivity index (χ2v) is 6.46. The first-order chi connectivity index (χ1) is 8.93. The highest BCUT2D eigenvalue weighted by molar-refractivity contribution is 7.91. The number of rotatable bonds is 3. The summed E-state index contributed by atoms with van der Waals surface area (Å²) in [5.41, 5.74) is 0.849. The van der Waals surface area contributed by atoms with Crippen molar-refractivity contribution in [3.05, 3.63) is 24.3 Å². The molecule has 106 valence electrons. The summed E-state index contributed by atoms with van der Waals surface area (Å²) in [6, 6.07) is 5.93. The Morgan fingerprint density at radius 2 is 1.95 bits per heavy atom. The lowest BCUT2D eigenvalue weighted by atomic mass is 10.2. The Hall–Kier alpha value is -1.21. The monoisotopic (exact) mass is 290 g/mol. The van der Waals surface area contributed by atoms with Crippen LogP contribution in [0.25, 0.3) is 0 Å². The summed E-state index contributed by atoms with van der Waals surface area (Å²) in [4.78, 5) is 1.78. The molecule has 0 radical (unpaired) electrons. The van der Waals surface area contributed by atoms with E-state index in [1.165, 1.54) is 12.1 Å². The highest BCUT2D eigenvalue weighted by Gasteiger charge is 2.27. The minimum absolute atomic E-state index is 0.284. The van der Waals surface area contributed by atoms with Gasteiger partial charge in [0.1, 0.15) is 0 Å². The first-order valence-electron chi connectivity index (χ1n) is 6.02. The molecule has 0 amide bonds. The van der Waals surface area contributed by atoms with Gasteiger partial charge in [-0.1, -0.05) is 0 Å². The van der Waals surface area contributed by atoms with Gasteiger partial charge in [-0.15, -0.1) is 0 Å². The normalized spacial score (nSPS) is 20.8. The smallest absolute Gasteiger partial charge is 0.341 e. The molecule has 1 aromatic carbocycles. The zero-order valence-electron chi connectivity index (χ0n) is 10.5. The first-order valence-corrected chi connectivity index (χ1v) is 7.57. The van der Waals surface area contributed by atoms with Gasteiger partial charge in [-0.25, -0.2) is 8.42 Å². The predicted molar refractivity (Wildman–Crippen MR) is 69.3 cm³/mol. The summed E-state index contributed by atoms with van der Waals surface area (Å²) in [7, 11) is -4.50. The van der Waals surface area contributed by atoms with Crippen LogP contribution in [0.2, 0.25) is 0 Å². The topological polar surface area (TPSA) is 49.4 Å². The number of piperazine rings is 1. The maximum absolute atomic E-state index is 12.4. The zero-order chi connectivity index (χ0) is 14.0. The highest BCUT2D eigenvalue weighted by atomic mass is 32.2. The van der Waals surface area contributed by atoms with Crippen molar-refractivity contribution in [2.24, 2.45) is 0 Å². The van der Waals surface area contributed by atoms with Crippen molar-refractivity contribution in [2.75, 3.05) is 24.5 Å². The molecule has 1 aliphatic heterocycles. The Morgan fingerprint density at radius 1 is 1.32 bits per heavy atom. The highest BCUT2D eigenvalue weighted by Crippen LogP contribution is 2.23. The summed E-state index contributed by atoms with van der Waals surface area (Å²) in [6.07, 6.45) is 0. The molecular formula is C12H16F2N2O2S. The molecule has 1 fully saturated rings. The van der Waals surface area contributed by atoms with Crippen molar-refractivity contribution in [1.82, 2.24) is 5.32 Å². The third-order valence-electron chi connectivity index (χ3n) is 3.23. The molecule has 2 rings (SSSR count). The number of sulfone groups is 1. The molecule has 19 heavy (non-hydrogen) atoms. The summed E-state index contributed by atoms with van der Waals surface area (Å²) in [5.74, 6) is -3.38. The molecule has 1 heterocycles. The zero-order valence-corrected chi connectivity index (χ0v) is 11.3. The fourth-order valence-corrected chi connectivity index (χ4v) is 2.88. The van der Waals surface area contributed by atoms with Crippen molar-refractivity contribution in [1.29, 1.82) is 0 Å². The van der Waals surface area contributed by atoms with Gasteiger partial charge < -0.3 is 10.2 Å². The van der Waals surface area contributed by atoms with Crippen LogP contribution in [-0.4, -0.2) is 39.9 Å². The molecule has 7 heteroatoms. The van der Waals surface area contributed by atoms with E-state index in [0.717, 1.165) is 25.3 Å². The van der Waals surface area contributed by atoms with Crippen molar-refractivity contribution >= 4 is 15.5 Å². The van der Waals surface area contributed by atoms with Gasteiger partial charge in [0, 0.05) is 31.4 Å². The van der Waals surface area contributed by atoms with Crippen LogP contribution in [0.15, 0.2) is 29.2 Å². The number of benzene rings is 1. The van der Waals surface area contributed by atoms with E-state index in [9.17, 15) is 17.2 Å². The van der Waals surface area contributed by atoms with Crippen molar-refractivity contribution < 1.29 is 17.2 Å². The maximum atomic E-state index is 12.4. The van der Waals surface area contributed by atoms with Crippen LogP contribution in [0.4, 0.5) is 14.5 Å². The number of anilines is 1. The van der Waals surface area contributed by atoms with Gasteiger partial charge in [0.05, 0.1) is 4.90 Å². The van der Waals surface area contributed by atoms with Crippen LogP contribution in [0, 0.1) is 0 Å². The Labute approximate surface area is 111 Å². The van der Waals surface area contributed by atoms with Gasteiger partial charge in [0.15, 0.2) is 0 Å². The molecule has 0 aliphatic carbocycles. The summed E-state index contributed by atoms with van der Waals surface area (Å²) in [5, 5.41) is 3.25. The fraction of sp³-hybridized carbons (Fsp3) is 0.500. The third kappa shape index (κ3) is 2.87. The predicted octanol–water partition coefficient (Wildman–Crippen LogP) is 1.48. The molecule has 1 N–H and O–H groups in total. The van der Waals surface area contributed by atoms with Crippen LogP contribution in [0.1, 0.15) is 6.92 Å². The van der Waals surface area contributed by atoms with Crippen LogP contribution in [0.3, 0.4) is 0 Å². The van der Waals surface area contributed by atoms with Gasteiger partial charge in [0.25, 0.3) is 0 Å². The largest absolute Gasteiger partial charge is 0.366 e. The Bertz CT molecular complexity index is 531. The van der Waals surface area contributed by atoms with Crippen LogP contribution in [-0.2, 0) is 9.84 Å². The molecule has 1 aromatic rings. The fourth-order valence-electron chi connectivity index (χ4n) is 2.15. The maximum Gasteiger partial charge on any atom is 0.341 e. The van der Waals surface area contributed by atoms with Crippen molar-refractivity contribution in [3.63, 3.8) is 0 Å². The van der Waals surface area contributed by atoms with E-state index >= 15 is 0 Å². The van der Waals surface area contributed by atoms with Crippen LogP contribution in [0.5, 0.6) is 0 Å². The van der Waals surface area contributed by atoms with E-state index in [2.05, 4.69) is 17.1 Å². The van der Waals surface area contributed by atoms with E-state index in [1.807, 2.05) is 0 Å². The summed E-state index contributed by atoms with van der Waals surface area (Å²) < 4.78 is 47.4. The van der Waals surface area contributed by atoms with E-state index < -0.39 is 15.6 Å². The average molecular weight is 290 g/mol. The molecule has 1 unspecified atom stereocenters. The van der Waals surface area contributed by atoms with Gasteiger partial charge in [-0.05, 0) is 31.2 Å². The molecule has 1 saturated heterocycles. The summed E-state index contributed by atoms with van der Waals surface area (Å²) >= 11 is 0. The number of hydrogen-bond donors (Lipinski definition) is 1. The van der Waals surface area contributed by atoms with Gasteiger partial charge in [-0.3, -0.25) is 0 Å². The van der Waals surface area contributed by atoms with Crippen LogP contribution >= 0.6 is 0 Å². The quantitative estimate of drug-likeness (QED) is 0.916.